The number of para-hydroxylation sites is 2. The lowest BCUT2D eigenvalue weighted by Gasteiger charge is -2.01. The van der Waals surface area contributed by atoms with Gasteiger partial charge in [0.15, 0.2) is 5.16 Å². The molecule has 4 nitrogen and oxygen atoms in total. The summed E-state index contributed by atoms with van der Waals surface area (Å²) in [5.74, 6) is 0.932. The Bertz CT molecular complexity index is 695. The second-order valence-electron chi connectivity index (χ2n) is 4.52. The summed E-state index contributed by atoms with van der Waals surface area (Å²) < 4.78 is 4.36. The predicted molar refractivity (Wildman–Crippen MR) is 75.2 cm³/mol. The van der Waals surface area contributed by atoms with E-state index in [1.54, 1.807) is 11.8 Å². The molecule has 0 bridgehead atoms. The van der Waals surface area contributed by atoms with Crippen molar-refractivity contribution in [3.05, 3.63) is 24.3 Å². The van der Waals surface area contributed by atoms with Crippen molar-refractivity contribution in [2.24, 2.45) is 0 Å². The van der Waals surface area contributed by atoms with Gasteiger partial charge in [-0.2, -0.15) is 0 Å². The SMILES string of the molecule is CCn1c2ccccc2n2c(SC(C)C)nnc12. The molecule has 0 saturated heterocycles. The average Bonchev–Trinajstić information content (AvgIpc) is 2.87. The van der Waals surface area contributed by atoms with E-state index >= 15 is 0 Å². The van der Waals surface area contributed by atoms with Crippen molar-refractivity contribution < 1.29 is 0 Å². The van der Waals surface area contributed by atoms with Crippen LogP contribution in [0.15, 0.2) is 29.4 Å². The maximum absolute atomic E-state index is 4.33. The standard InChI is InChI=1S/C13H16N4S/c1-4-16-10-7-5-6-8-11(10)17-12(16)14-15-13(17)18-9(2)3/h5-9H,4H2,1-3H3. The maximum atomic E-state index is 4.33. The highest BCUT2D eigenvalue weighted by Crippen LogP contribution is 2.27. The Morgan fingerprint density at radius 3 is 2.56 bits per heavy atom. The van der Waals surface area contributed by atoms with Crippen LogP contribution in [0.3, 0.4) is 0 Å². The zero-order chi connectivity index (χ0) is 12.7. The van der Waals surface area contributed by atoms with Crippen LogP contribution in [0.1, 0.15) is 20.8 Å². The number of fused-ring (bicyclic) bond motifs is 3. The first kappa shape index (κ1) is 11.6. The van der Waals surface area contributed by atoms with Gasteiger partial charge in [0.2, 0.25) is 5.78 Å². The monoisotopic (exact) mass is 260 g/mol. The smallest absolute Gasteiger partial charge is 0.237 e. The Kier molecular flexibility index (Phi) is 2.78. The summed E-state index contributed by atoms with van der Waals surface area (Å²) in [6, 6.07) is 8.39. The minimum Gasteiger partial charge on any atom is -0.309 e. The van der Waals surface area contributed by atoms with Crippen molar-refractivity contribution in [1.29, 1.82) is 0 Å². The topological polar surface area (TPSA) is 35.1 Å². The Morgan fingerprint density at radius 2 is 1.89 bits per heavy atom. The second-order valence-corrected chi connectivity index (χ2v) is 6.06. The third-order valence-corrected chi connectivity index (χ3v) is 3.87. The summed E-state index contributed by atoms with van der Waals surface area (Å²) >= 11 is 1.75. The lowest BCUT2D eigenvalue weighted by atomic mass is 10.3. The lowest BCUT2D eigenvalue weighted by molar-refractivity contribution is 0.802. The number of aromatic nitrogens is 4. The maximum Gasteiger partial charge on any atom is 0.237 e. The van der Waals surface area contributed by atoms with Crippen LogP contribution in [-0.2, 0) is 6.54 Å². The molecule has 0 atom stereocenters. The van der Waals surface area contributed by atoms with Crippen molar-refractivity contribution in [3.63, 3.8) is 0 Å². The van der Waals surface area contributed by atoms with E-state index in [4.69, 9.17) is 0 Å². The molecule has 0 saturated carbocycles. The number of hydrogen-bond donors (Lipinski definition) is 0. The van der Waals surface area contributed by atoms with Crippen molar-refractivity contribution in [2.45, 2.75) is 37.7 Å². The number of rotatable bonds is 3. The molecule has 0 aliphatic rings. The molecule has 0 amide bonds. The Morgan fingerprint density at radius 1 is 1.17 bits per heavy atom. The molecule has 18 heavy (non-hydrogen) atoms. The zero-order valence-electron chi connectivity index (χ0n) is 10.8. The van der Waals surface area contributed by atoms with Crippen LogP contribution >= 0.6 is 11.8 Å². The molecule has 0 spiro atoms. The van der Waals surface area contributed by atoms with Crippen molar-refractivity contribution in [1.82, 2.24) is 19.2 Å². The lowest BCUT2D eigenvalue weighted by Crippen LogP contribution is -1.94. The van der Waals surface area contributed by atoms with Gasteiger partial charge in [0.05, 0.1) is 11.0 Å². The van der Waals surface area contributed by atoms with Gasteiger partial charge >= 0.3 is 0 Å². The summed E-state index contributed by atoms with van der Waals surface area (Å²) in [5, 5.41) is 10.1. The number of thioether (sulfide) groups is 1. The van der Waals surface area contributed by atoms with Gasteiger partial charge in [-0.25, -0.2) is 0 Å². The van der Waals surface area contributed by atoms with Crippen LogP contribution < -0.4 is 0 Å². The molecule has 0 aliphatic heterocycles. The van der Waals surface area contributed by atoms with Gasteiger partial charge in [-0.15, -0.1) is 10.2 Å². The van der Waals surface area contributed by atoms with Crippen LogP contribution in [0.5, 0.6) is 0 Å². The van der Waals surface area contributed by atoms with Crippen LogP contribution in [0.2, 0.25) is 0 Å². The highest BCUT2D eigenvalue weighted by Gasteiger charge is 2.16. The van der Waals surface area contributed by atoms with E-state index in [2.05, 4.69) is 64.2 Å². The highest BCUT2D eigenvalue weighted by molar-refractivity contribution is 7.99. The summed E-state index contributed by atoms with van der Waals surface area (Å²) in [5.41, 5.74) is 2.40. The van der Waals surface area contributed by atoms with Gasteiger partial charge in [-0.05, 0) is 19.1 Å². The van der Waals surface area contributed by atoms with E-state index in [0.717, 1.165) is 17.5 Å². The fourth-order valence-corrected chi connectivity index (χ4v) is 3.03. The zero-order valence-corrected chi connectivity index (χ0v) is 11.6. The van der Waals surface area contributed by atoms with Crippen LogP contribution in [-0.4, -0.2) is 24.4 Å². The predicted octanol–water partition coefficient (Wildman–Crippen LogP) is 3.20. The number of hydrogen-bond acceptors (Lipinski definition) is 3. The quantitative estimate of drug-likeness (QED) is 0.678. The van der Waals surface area contributed by atoms with Crippen LogP contribution in [0, 0.1) is 0 Å². The number of aryl methyl sites for hydroxylation is 1. The normalized spacial score (nSPS) is 12.0. The van der Waals surface area contributed by atoms with E-state index in [9.17, 15) is 0 Å². The Labute approximate surface area is 110 Å². The fourth-order valence-electron chi connectivity index (χ4n) is 2.24. The minimum absolute atomic E-state index is 0.501. The Balaban J connectivity index is 2.36. The van der Waals surface area contributed by atoms with E-state index in [1.807, 2.05) is 0 Å². The van der Waals surface area contributed by atoms with Gasteiger partial charge in [-0.3, -0.25) is 4.40 Å². The first-order chi connectivity index (χ1) is 8.72. The summed E-state index contributed by atoms with van der Waals surface area (Å²) in [4.78, 5) is 0. The number of benzene rings is 1. The summed E-state index contributed by atoms with van der Waals surface area (Å²) in [7, 11) is 0. The molecule has 0 unspecified atom stereocenters. The molecule has 3 aromatic rings. The van der Waals surface area contributed by atoms with E-state index in [-0.39, 0.29) is 0 Å². The molecule has 0 N–H and O–H groups in total. The summed E-state index contributed by atoms with van der Waals surface area (Å²) in [6.07, 6.45) is 0. The molecular formula is C13H16N4S. The third-order valence-electron chi connectivity index (χ3n) is 2.93. The first-order valence-electron chi connectivity index (χ1n) is 6.21. The number of nitrogens with zero attached hydrogens (tertiary/aromatic N) is 4. The van der Waals surface area contributed by atoms with Gasteiger partial charge in [0.25, 0.3) is 0 Å². The molecule has 94 valence electrons. The molecule has 0 radical (unpaired) electrons. The van der Waals surface area contributed by atoms with Crippen LogP contribution in [0.4, 0.5) is 0 Å². The van der Waals surface area contributed by atoms with Gasteiger partial charge < -0.3 is 4.57 Å². The van der Waals surface area contributed by atoms with Crippen molar-refractivity contribution >= 4 is 28.6 Å². The average molecular weight is 260 g/mol. The minimum atomic E-state index is 0.501. The molecular weight excluding hydrogens is 244 g/mol. The highest BCUT2D eigenvalue weighted by atomic mass is 32.2. The van der Waals surface area contributed by atoms with Gasteiger partial charge in [-0.1, -0.05) is 37.7 Å². The fraction of sp³-hybridized carbons (Fsp3) is 0.385. The van der Waals surface area contributed by atoms with Crippen LogP contribution in [0.25, 0.3) is 16.8 Å². The third kappa shape index (κ3) is 1.61. The molecule has 2 aromatic heterocycles. The second kappa shape index (κ2) is 4.31. The summed E-state index contributed by atoms with van der Waals surface area (Å²) in [6.45, 7) is 7.38. The van der Waals surface area contributed by atoms with Crippen molar-refractivity contribution in [2.75, 3.05) is 0 Å². The van der Waals surface area contributed by atoms with E-state index in [0.29, 0.717) is 5.25 Å². The van der Waals surface area contributed by atoms with Gasteiger partial charge in [0.1, 0.15) is 0 Å². The largest absolute Gasteiger partial charge is 0.309 e. The molecule has 3 rings (SSSR count). The molecule has 0 fully saturated rings. The first-order valence-corrected chi connectivity index (χ1v) is 7.09. The Hall–Kier alpha value is -1.49. The molecule has 0 aliphatic carbocycles. The van der Waals surface area contributed by atoms with E-state index in [1.165, 1.54) is 11.0 Å². The van der Waals surface area contributed by atoms with E-state index < -0.39 is 0 Å². The number of imidazole rings is 1. The molecule has 1 aromatic carbocycles. The van der Waals surface area contributed by atoms with Gasteiger partial charge in [0, 0.05) is 11.8 Å². The molecule has 5 heteroatoms. The van der Waals surface area contributed by atoms with Crippen molar-refractivity contribution in [3.8, 4) is 0 Å². The molecule has 2 heterocycles.